The molecule has 0 aliphatic carbocycles. The van der Waals surface area contributed by atoms with Crippen molar-refractivity contribution in [2.45, 2.75) is 39.3 Å². The zero-order chi connectivity index (χ0) is 17.0. The number of rotatable bonds is 3. The second-order valence-electron chi connectivity index (χ2n) is 6.24. The van der Waals surface area contributed by atoms with Gasteiger partial charge in [-0.1, -0.05) is 33.9 Å². The van der Waals surface area contributed by atoms with Gasteiger partial charge in [-0.3, -0.25) is 9.35 Å². The van der Waals surface area contributed by atoms with Crippen molar-refractivity contribution in [3.8, 4) is 0 Å². The number of nitrogens with zero attached hydrogens (tertiary/aromatic N) is 3. The van der Waals surface area contributed by atoms with Crippen LogP contribution >= 0.6 is 0 Å². The quantitative estimate of drug-likeness (QED) is 0.485. The van der Waals surface area contributed by atoms with Gasteiger partial charge >= 0.3 is 10.3 Å². The predicted octanol–water partition coefficient (Wildman–Crippen LogP) is 0.230. The Labute approximate surface area is 128 Å². The molecule has 0 atom stereocenters. The number of hydrogen-bond donors (Lipinski definition) is 1. The minimum Gasteiger partial charge on any atom is -0.351 e. The minimum absolute atomic E-state index is 0.381. The lowest BCUT2D eigenvalue weighted by Gasteiger charge is -2.17. The van der Waals surface area contributed by atoms with Crippen LogP contribution in [0.2, 0.25) is 13.1 Å². The van der Waals surface area contributed by atoms with E-state index >= 15 is 0 Å². The number of imidazole rings is 1. The summed E-state index contributed by atoms with van der Waals surface area (Å²) in [5, 5.41) is 0.794. The molecule has 0 aliphatic heterocycles. The van der Waals surface area contributed by atoms with Crippen LogP contribution in [-0.4, -0.2) is 56.1 Å². The Hall–Kier alpha value is -1.19. The predicted molar refractivity (Wildman–Crippen MR) is 86.1 cm³/mol. The fourth-order valence-corrected chi connectivity index (χ4v) is 3.04. The summed E-state index contributed by atoms with van der Waals surface area (Å²) in [4.78, 5) is 15.2. The molecule has 1 aromatic heterocycles. The van der Waals surface area contributed by atoms with Crippen LogP contribution in [0.15, 0.2) is 6.20 Å². The average molecular weight is 336 g/mol. The molecule has 0 saturated carbocycles. The zero-order valence-corrected chi connectivity index (χ0v) is 15.6. The Kier molecular flexibility index (Phi) is 6.78. The van der Waals surface area contributed by atoms with E-state index in [0.717, 1.165) is 15.7 Å². The molecule has 1 rings (SSSR count). The molecule has 0 saturated heterocycles. The van der Waals surface area contributed by atoms with E-state index in [1.807, 2.05) is 20.8 Å². The standard InChI is InChI=1S/C9H18N2O3SSi.C3H7NO/c1-9(2,3)8-10-7(16(4)5)6-11(8)15(12,13)14;1-4(2)3-5/h6,16H,1-5H3,(H,12,13,14);3H,1-2H3. The molecule has 0 fully saturated rings. The van der Waals surface area contributed by atoms with Crippen LogP contribution in [0.3, 0.4) is 0 Å². The van der Waals surface area contributed by atoms with Crippen molar-refractivity contribution in [1.29, 1.82) is 0 Å². The summed E-state index contributed by atoms with van der Waals surface area (Å²) in [6, 6.07) is 0. The third-order valence-corrected chi connectivity index (χ3v) is 4.65. The maximum atomic E-state index is 11.2. The van der Waals surface area contributed by atoms with Gasteiger partial charge in [0.15, 0.2) is 0 Å². The van der Waals surface area contributed by atoms with E-state index in [0.29, 0.717) is 5.82 Å². The van der Waals surface area contributed by atoms with Crippen molar-refractivity contribution < 1.29 is 17.8 Å². The third kappa shape index (κ3) is 6.40. The first-order chi connectivity index (χ1) is 9.30. The summed E-state index contributed by atoms with van der Waals surface area (Å²) in [6.45, 7) is 9.71. The average Bonchev–Trinajstić information content (AvgIpc) is 2.73. The SMILES string of the molecule is CN(C)C=O.C[SiH](C)c1cn(S(=O)(=O)O)c(C(C)(C)C)n1. The summed E-state index contributed by atoms with van der Waals surface area (Å²) in [5.74, 6) is 0.381. The van der Waals surface area contributed by atoms with E-state index in [4.69, 9.17) is 4.55 Å². The van der Waals surface area contributed by atoms with Gasteiger partial charge in [0.05, 0.1) is 8.80 Å². The molecule has 21 heavy (non-hydrogen) atoms. The zero-order valence-electron chi connectivity index (χ0n) is 13.7. The monoisotopic (exact) mass is 335 g/mol. The first-order valence-electron chi connectivity index (χ1n) is 6.50. The highest BCUT2D eigenvalue weighted by Crippen LogP contribution is 2.20. The van der Waals surface area contributed by atoms with E-state index < -0.39 is 24.5 Å². The third-order valence-electron chi connectivity index (χ3n) is 2.42. The molecule has 0 aliphatic rings. The molecule has 0 unspecified atom stereocenters. The van der Waals surface area contributed by atoms with Gasteiger partial charge in [0.25, 0.3) is 0 Å². The number of aromatic nitrogens is 2. The van der Waals surface area contributed by atoms with Crippen LogP contribution in [0.25, 0.3) is 0 Å². The highest BCUT2D eigenvalue weighted by Gasteiger charge is 2.27. The van der Waals surface area contributed by atoms with Gasteiger partial charge in [-0.15, -0.1) is 0 Å². The van der Waals surface area contributed by atoms with Gasteiger partial charge in [0, 0.05) is 31.0 Å². The Balaban J connectivity index is 0.000000690. The van der Waals surface area contributed by atoms with E-state index in [1.54, 1.807) is 14.1 Å². The molecule has 0 aromatic carbocycles. The summed E-state index contributed by atoms with van der Waals surface area (Å²) < 4.78 is 32.5. The normalized spacial score (nSPS) is 11.9. The van der Waals surface area contributed by atoms with Gasteiger partial charge in [-0.25, -0.2) is 8.96 Å². The number of carbonyl (C=O) groups is 1. The highest BCUT2D eigenvalue weighted by atomic mass is 32.2. The van der Waals surface area contributed by atoms with Crippen LogP contribution < -0.4 is 5.32 Å². The first-order valence-corrected chi connectivity index (χ1v) is 10.8. The first kappa shape index (κ1) is 19.8. The Bertz CT molecular complexity index is 574. The molecular weight excluding hydrogens is 310 g/mol. The van der Waals surface area contributed by atoms with Crippen molar-refractivity contribution in [3.63, 3.8) is 0 Å². The number of amides is 1. The molecule has 1 N–H and O–H groups in total. The van der Waals surface area contributed by atoms with Gasteiger partial charge in [-0.05, 0) is 0 Å². The maximum absolute atomic E-state index is 11.2. The molecule has 1 heterocycles. The van der Waals surface area contributed by atoms with E-state index in [-0.39, 0.29) is 0 Å². The topological polar surface area (TPSA) is 92.5 Å². The molecule has 1 aromatic rings. The van der Waals surface area contributed by atoms with Crippen molar-refractivity contribution in [2.75, 3.05) is 14.1 Å². The fraction of sp³-hybridized carbons (Fsp3) is 0.667. The van der Waals surface area contributed by atoms with Crippen LogP contribution in [0.5, 0.6) is 0 Å². The van der Waals surface area contributed by atoms with E-state index in [2.05, 4.69) is 18.1 Å². The van der Waals surface area contributed by atoms with Gasteiger partial charge in [0.2, 0.25) is 6.41 Å². The van der Waals surface area contributed by atoms with Crippen molar-refractivity contribution >= 4 is 30.8 Å². The lowest BCUT2D eigenvalue weighted by molar-refractivity contribution is -0.115. The molecule has 1 amide bonds. The molecule has 0 radical (unpaired) electrons. The van der Waals surface area contributed by atoms with Gasteiger partial charge < -0.3 is 4.90 Å². The second kappa shape index (κ2) is 7.19. The molecule has 7 nitrogen and oxygen atoms in total. The van der Waals surface area contributed by atoms with Crippen molar-refractivity contribution in [2.24, 2.45) is 0 Å². The lowest BCUT2D eigenvalue weighted by Crippen LogP contribution is -2.25. The summed E-state index contributed by atoms with van der Waals surface area (Å²) in [6.07, 6.45) is 2.19. The van der Waals surface area contributed by atoms with E-state index in [9.17, 15) is 13.2 Å². The number of carbonyl (C=O) groups excluding carboxylic acids is 1. The fourth-order valence-electron chi connectivity index (χ4n) is 1.33. The van der Waals surface area contributed by atoms with Crippen LogP contribution in [0.1, 0.15) is 26.6 Å². The van der Waals surface area contributed by atoms with Gasteiger partial charge in [-0.2, -0.15) is 8.42 Å². The molecule has 0 spiro atoms. The Morgan fingerprint density at radius 1 is 1.33 bits per heavy atom. The lowest BCUT2D eigenvalue weighted by atomic mass is 9.96. The Morgan fingerprint density at radius 3 is 1.95 bits per heavy atom. The van der Waals surface area contributed by atoms with E-state index in [1.165, 1.54) is 11.1 Å². The van der Waals surface area contributed by atoms with Gasteiger partial charge in [0.1, 0.15) is 5.82 Å². The minimum atomic E-state index is -4.25. The highest BCUT2D eigenvalue weighted by molar-refractivity contribution is 7.84. The molecule has 0 bridgehead atoms. The second-order valence-corrected chi connectivity index (χ2v) is 10.4. The van der Waals surface area contributed by atoms with Crippen LogP contribution in [-0.2, 0) is 20.5 Å². The molecule has 122 valence electrons. The van der Waals surface area contributed by atoms with Crippen LogP contribution in [0.4, 0.5) is 0 Å². The molecule has 9 heteroatoms. The summed E-state index contributed by atoms with van der Waals surface area (Å²) >= 11 is 0. The number of hydrogen-bond acceptors (Lipinski definition) is 4. The molecular formula is C12H25N3O4SSi. The summed E-state index contributed by atoms with van der Waals surface area (Å²) in [5.41, 5.74) is -0.419. The van der Waals surface area contributed by atoms with Crippen molar-refractivity contribution in [1.82, 2.24) is 13.9 Å². The smallest absolute Gasteiger partial charge is 0.351 e. The largest absolute Gasteiger partial charge is 0.364 e. The van der Waals surface area contributed by atoms with Crippen LogP contribution in [0, 0.1) is 0 Å². The summed E-state index contributed by atoms with van der Waals surface area (Å²) in [7, 11) is -2.07. The van der Waals surface area contributed by atoms with Crippen molar-refractivity contribution in [3.05, 3.63) is 12.0 Å². The maximum Gasteiger partial charge on any atom is 0.364 e. The Morgan fingerprint density at radius 2 is 1.76 bits per heavy atom.